The maximum absolute atomic E-state index is 12.9. The van der Waals surface area contributed by atoms with Crippen molar-refractivity contribution in [2.75, 3.05) is 18.4 Å². The number of piperidine rings is 1. The van der Waals surface area contributed by atoms with Crippen molar-refractivity contribution in [1.82, 2.24) is 8.87 Å². The molecule has 0 bridgehead atoms. The molecule has 3 aromatic rings. The molecule has 2 heterocycles. The molecule has 1 aliphatic heterocycles. The quantitative estimate of drug-likeness (QED) is 0.533. The van der Waals surface area contributed by atoms with Gasteiger partial charge in [-0.2, -0.15) is 0 Å². The third-order valence-corrected chi connectivity index (χ3v) is 8.79. The van der Waals surface area contributed by atoms with Crippen molar-refractivity contribution in [2.24, 2.45) is 5.92 Å². The first kappa shape index (κ1) is 23.9. The molecular weight excluding hydrogens is 482 g/mol. The smallest absolute Gasteiger partial charge is 0.308 e. The molecule has 0 saturated carbocycles. The summed E-state index contributed by atoms with van der Waals surface area (Å²) in [4.78, 5) is 25.2. The monoisotopic (exact) mass is 507 g/mol. The molecule has 1 N–H and O–H groups in total. The molecule has 33 heavy (non-hydrogen) atoms. The molecule has 1 fully saturated rings. The first-order chi connectivity index (χ1) is 15.6. The van der Waals surface area contributed by atoms with E-state index in [1.54, 1.807) is 41.0 Å². The number of anilines is 1. The van der Waals surface area contributed by atoms with Crippen LogP contribution in [0.5, 0.6) is 0 Å². The van der Waals surface area contributed by atoms with E-state index in [0.29, 0.717) is 35.7 Å². The van der Waals surface area contributed by atoms with Crippen molar-refractivity contribution >= 4 is 54.8 Å². The van der Waals surface area contributed by atoms with Crippen LogP contribution in [0.1, 0.15) is 38.3 Å². The number of aromatic nitrogens is 1. The topological polar surface area (TPSA) is 88.5 Å². The molecule has 1 aromatic heterocycles. The number of hydrogen-bond donors (Lipinski definition) is 1. The van der Waals surface area contributed by atoms with Gasteiger partial charge in [-0.3, -0.25) is 14.2 Å². The number of benzene rings is 2. The van der Waals surface area contributed by atoms with Crippen molar-refractivity contribution in [1.29, 1.82) is 0 Å². The lowest BCUT2D eigenvalue weighted by Crippen LogP contribution is -2.44. The highest BCUT2D eigenvalue weighted by atomic mass is 35.5. The van der Waals surface area contributed by atoms with Crippen LogP contribution in [-0.2, 0) is 20.6 Å². The second-order valence-electron chi connectivity index (χ2n) is 8.58. The number of amides is 1. The van der Waals surface area contributed by atoms with Crippen LogP contribution in [0, 0.1) is 5.92 Å². The van der Waals surface area contributed by atoms with E-state index < -0.39 is 15.9 Å². The van der Waals surface area contributed by atoms with E-state index in [-0.39, 0.29) is 29.1 Å². The van der Waals surface area contributed by atoms with E-state index in [2.05, 4.69) is 5.32 Å². The zero-order valence-corrected chi connectivity index (χ0v) is 20.8. The molecule has 1 aliphatic rings. The molecular formula is C23H26ClN3O4S2. The Hall–Kier alpha value is -2.20. The van der Waals surface area contributed by atoms with E-state index in [4.69, 9.17) is 11.6 Å². The average Bonchev–Trinajstić information content (AvgIpc) is 3.10. The molecule has 2 aromatic carbocycles. The van der Waals surface area contributed by atoms with Crippen LogP contribution in [0.3, 0.4) is 0 Å². The number of hydrogen-bond acceptors (Lipinski definition) is 5. The van der Waals surface area contributed by atoms with Gasteiger partial charge in [0.15, 0.2) is 0 Å². The Balaban J connectivity index is 1.45. The summed E-state index contributed by atoms with van der Waals surface area (Å²) in [5.41, 5.74) is 2.10. The number of sulfonamides is 1. The Kier molecular flexibility index (Phi) is 6.95. The normalized spacial score (nSPS) is 17.5. The van der Waals surface area contributed by atoms with Gasteiger partial charge in [0.05, 0.1) is 21.9 Å². The summed E-state index contributed by atoms with van der Waals surface area (Å²) in [7, 11) is -3.55. The molecule has 1 amide bonds. The predicted molar refractivity (Wildman–Crippen MR) is 133 cm³/mol. The highest BCUT2D eigenvalue weighted by Crippen LogP contribution is 2.26. The lowest BCUT2D eigenvalue weighted by molar-refractivity contribution is -0.120. The van der Waals surface area contributed by atoms with Gasteiger partial charge in [0.2, 0.25) is 15.9 Å². The first-order valence-electron chi connectivity index (χ1n) is 10.8. The molecule has 7 nitrogen and oxygen atoms in total. The van der Waals surface area contributed by atoms with E-state index in [1.807, 2.05) is 19.9 Å². The number of nitrogens with zero attached hydrogens (tertiary/aromatic N) is 2. The Morgan fingerprint density at radius 1 is 1.21 bits per heavy atom. The molecule has 10 heteroatoms. The van der Waals surface area contributed by atoms with Gasteiger partial charge >= 0.3 is 4.87 Å². The van der Waals surface area contributed by atoms with Crippen molar-refractivity contribution in [3.8, 4) is 0 Å². The van der Waals surface area contributed by atoms with Gasteiger partial charge in [-0.15, -0.1) is 0 Å². The maximum Gasteiger partial charge on any atom is 0.308 e. The van der Waals surface area contributed by atoms with Crippen LogP contribution < -0.4 is 10.2 Å². The summed E-state index contributed by atoms with van der Waals surface area (Å²) in [6.45, 7) is 4.47. The maximum atomic E-state index is 12.9. The van der Waals surface area contributed by atoms with Gasteiger partial charge in [-0.1, -0.05) is 35.1 Å². The fourth-order valence-corrected chi connectivity index (χ4v) is 6.93. The zero-order valence-electron chi connectivity index (χ0n) is 18.5. The number of halogens is 1. The lowest BCUT2D eigenvalue weighted by atomic mass is 9.98. The molecule has 0 radical (unpaired) electrons. The Labute approximate surface area is 202 Å². The van der Waals surface area contributed by atoms with Crippen molar-refractivity contribution in [3.63, 3.8) is 0 Å². The minimum Gasteiger partial charge on any atom is -0.326 e. The number of rotatable bonds is 6. The summed E-state index contributed by atoms with van der Waals surface area (Å²) in [6.07, 6.45) is 1.24. The molecule has 1 saturated heterocycles. The second kappa shape index (κ2) is 9.58. The highest BCUT2D eigenvalue weighted by molar-refractivity contribution is 7.88. The van der Waals surface area contributed by atoms with E-state index in [9.17, 15) is 18.0 Å². The largest absolute Gasteiger partial charge is 0.326 e. The minimum atomic E-state index is -3.55. The van der Waals surface area contributed by atoms with Crippen LogP contribution in [-0.4, -0.2) is 36.3 Å². The van der Waals surface area contributed by atoms with E-state index in [0.717, 1.165) is 21.6 Å². The summed E-state index contributed by atoms with van der Waals surface area (Å²) < 4.78 is 29.8. The number of carbonyl (C=O) groups excluding carboxylic acids is 1. The predicted octanol–water partition coefficient (Wildman–Crippen LogP) is 4.48. The van der Waals surface area contributed by atoms with Crippen molar-refractivity contribution in [2.45, 2.75) is 38.5 Å². The average molecular weight is 508 g/mol. The van der Waals surface area contributed by atoms with E-state index >= 15 is 0 Å². The van der Waals surface area contributed by atoms with Crippen LogP contribution >= 0.6 is 22.9 Å². The van der Waals surface area contributed by atoms with Gasteiger partial charge in [0.25, 0.3) is 0 Å². The SMILES string of the molecule is CC(C)n1c(=O)sc2cc(NC(=O)[C@H]3CCCN(S(=O)(=O)Cc4ccc(Cl)cc4)C3)ccc21. The molecule has 1 atom stereocenters. The minimum absolute atomic E-state index is 0.0303. The Morgan fingerprint density at radius 2 is 1.94 bits per heavy atom. The van der Waals surface area contributed by atoms with Gasteiger partial charge in [0, 0.05) is 29.8 Å². The van der Waals surface area contributed by atoms with Crippen LogP contribution in [0.2, 0.25) is 5.02 Å². The van der Waals surface area contributed by atoms with Gasteiger partial charge in [-0.05, 0) is 62.6 Å². The number of thiazole rings is 1. The summed E-state index contributed by atoms with van der Waals surface area (Å²) in [5.74, 6) is -0.772. The number of nitrogens with one attached hydrogen (secondary N) is 1. The number of fused-ring (bicyclic) bond motifs is 1. The first-order valence-corrected chi connectivity index (χ1v) is 13.6. The van der Waals surface area contributed by atoms with Gasteiger partial charge in [-0.25, -0.2) is 12.7 Å². The Bertz CT molecular complexity index is 1330. The Morgan fingerprint density at radius 3 is 2.64 bits per heavy atom. The van der Waals surface area contributed by atoms with Crippen molar-refractivity contribution in [3.05, 3.63) is 62.7 Å². The van der Waals surface area contributed by atoms with Crippen LogP contribution in [0.4, 0.5) is 5.69 Å². The number of carbonyl (C=O) groups is 1. The summed E-state index contributed by atoms with van der Waals surface area (Å²) in [5, 5.41) is 3.46. The van der Waals surface area contributed by atoms with Crippen LogP contribution in [0.25, 0.3) is 10.2 Å². The summed E-state index contributed by atoms with van der Waals surface area (Å²) in [6, 6.07) is 12.2. The zero-order chi connectivity index (χ0) is 23.8. The molecule has 4 rings (SSSR count). The van der Waals surface area contributed by atoms with Crippen LogP contribution in [0.15, 0.2) is 47.3 Å². The van der Waals surface area contributed by atoms with Crippen molar-refractivity contribution < 1.29 is 13.2 Å². The lowest BCUT2D eigenvalue weighted by Gasteiger charge is -2.31. The molecule has 176 valence electrons. The summed E-state index contributed by atoms with van der Waals surface area (Å²) >= 11 is 7.04. The van der Waals surface area contributed by atoms with Gasteiger partial charge < -0.3 is 5.32 Å². The fourth-order valence-electron chi connectivity index (χ4n) is 4.14. The fraction of sp³-hybridized carbons (Fsp3) is 0.391. The molecule has 0 unspecified atom stereocenters. The third-order valence-electron chi connectivity index (χ3n) is 5.81. The van der Waals surface area contributed by atoms with Gasteiger partial charge in [0.1, 0.15) is 0 Å². The molecule has 0 spiro atoms. The standard InChI is InChI=1S/C23H26ClN3O4S2/c1-15(2)27-20-10-9-19(12-21(20)32-23(27)29)25-22(28)17-4-3-11-26(13-17)33(30,31)14-16-5-7-18(24)8-6-16/h5-10,12,15,17H,3-4,11,13-14H2,1-2H3,(H,25,28)/t17-/m0/s1. The second-order valence-corrected chi connectivity index (χ2v) is 12.0. The molecule has 0 aliphatic carbocycles. The van der Waals surface area contributed by atoms with E-state index in [1.165, 1.54) is 4.31 Å². The highest BCUT2D eigenvalue weighted by Gasteiger charge is 2.32. The third kappa shape index (κ3) is 5.32.